The molecule has 0 aromatic heterocycles. The second-order valence-electron chi connectivity index (χ2n) is 5.77. The number of rotatable bonds is 3. The summed E-state index contributed by atoms with van der Waals surface area (Å²) in [6.45, 7) is 1.32. The number of carbonyl (C=O) groups is 1. The lowest BCUT2D eigenvalue weighted by molar-refractivity contribution is -0.137. The highest BCUT2D eigenvalue weighted by molar-refractivity contribution is 7.88. The Hall–Kier alpha value is -1.61. The van der Waals surface area contributed by atoms with E-state index in [1.54, 1.807) is 4.90 Å². The summed E-state index contributed by atoms with van der Waals surface area (Å²) in [5, 5.41) is 0. The van der Waals surface area contributed by atoms with Crippen molar-refractivity contribution in [1.29, 1.82) is 0 Å². The van der Waals surface area contributed by atoms with E-state index in [-0.39, 0.29) is 25.4 Å². The van der Waals surface area contributed by atoms with Gasteiger partial charge in [-0.25, -0.2) is 12.7 Å². The number of amides is 1. The van der Waals surface area contributed by atoms with Gasteiger partial charge in [-0.05, 0) is 24.1 Å². The van der Waals surface area contributed by atoms with E-state index < -0.39 is 21.8 Å². The van der Waals surface area contributed by atoms with Crippen LogP contribution < -0.4 is 0 Å². The second kappa shape index (κ2) is 7.10. The van der Waals surface area contributed by atoms with Gasteiger partial charge in [0.05, 0.1) is 18.2 Å². The molecule has 0 bridgehead atoms. The lowest BCUT2D eigenvalue weighted by Crippen LogP contribution is -2.37. The Balaban J connectivity index is 1.97. The molecule has 9 heteroatoms. The summed E-state index contributed by atoms with van der Waals surface area (Å²) in [5.74, 6) is -0.217. The third-order valence-corrected chi connectivity index (χ3v) is 5.22. The molecule has 0 saturated carbocycles. The van der Waals surface area contributed by atoms with Crippen molar-refractivity contribution in [3.63, 3.8) is 0 Å². The van der Waals surface area contributed by atoms with E-state index in [0.29, 0.717) is 25.1 Å². The fourth-order valence-electron chi connectivity index (χ4n) is 2.57. The number of hydrogen-bond donors (Lipinski definition) is 0. The number of benzene rings is 1. The van der Waals surface area contributed by atoms with Crippen molar-refractivity contribution in [2.75, 3.05) is 32.4 Å². The molecule has 0 spiro atoms. The lowest BCUT2D eigenvalue weighted by Gasteiger charge is -2.21. The van der Waals surface area contributed by atoms with Crippen molar-refractivity contribution < 1.29 is 26.4 Å². The van der Waals surface area contributed by atoms with Crippen LogP contribution in [0.25, 0.3) is 0 Å². The van der Waals surface area contributed by atoms with E-state index in [1.165, 1.54) is 16.4 Å². The molecule has 1 amide bonds. The first-order chi connectivity index (χ1) is 11.1. The van der Waals surface area contributed by atoms with E-state index in [2.05, 4.69) is 0 Å². The van der Waals surface area contributed by atoms with Crippen molar-refractivity contribution in [3.05, 3.63) is 35.4 Å². The molecule has 0 atom stereocenters. The first kappa shape index (κ1) is 18.7. The first-order valence-corrected chi connectivity index (χ1v) is 9.31. The summed E-state index contributed by atoms with van der Waals surface area (Å²) in [5.41, 5.74) is -0.255. The Morgan fingerprint density at radius 2 is 1.71 bits per heavy atom. The summed E-state index contributed by atoms with van der Waals surface area (Å²) in [6, 6.07) is 4.50. The van der Waals surface area contributed by atoms with E-state index in [0.717, 1.165) is 18.4 Å². The first-order valence-electron chi connectivity index (χ1n) is 7.46. The molecule has 1 saturated heterocycles. The van der Waals surface area contributed by atoms with Crippen molar-refractivity contribution in [3.8, 4) is 0 Å². The minimum absolute atomic E-state index is 0.00296. The fourth-order valence-corrected chi connectivity index (χ4v) is 3.45. The summed E-state index contributed by atoms with van der Waals surface area (Å²) in [4.78, 5) is 13.9. The quantitative estimate of drug-likeness (QED) is 0.821. The Morgan fingerprint density at radius 1 is 1.08 bits per heavy atom. The van der Waals surface area contributed by atoms with Gasteiger partial charge < -0.3 is 4.90 Å². The maximum absolute atomic E-state index is 12.5. The number of hydrogen-bond acceptors (Lipinski definition) is 3. The van der Waals surface area contributed by atoms with Gasteiger partial charge in [0, 0.05) is 26.2 Å². The van der Waals surface area contributed by atoms with Crippen molar-refractivity contribution in [2.24, 2.45) is 0 Å². The monoisotopic (exact) mass is 364 g/mol. The minimum atomic E-state index is -4.40. The largest absolute Gasteiger partial charge is 0.416 e. The summed E-state index contributed by atoms with van der Waals surface area (Å²) < 4.78 is 62.0. The Kier molecular flexibility index (Phi) is 5.54. The molecular formula is C15H19F3N2O3S. The highest BCUT2D eigenvalue weighted by atomic mass is 32.2. The Morgan fingerprint density at radius 3 is 2.25 bits per heavy atom. The zero-order valence-electron chi connectivity index (χ0n) is 13.2. The molecule has 1 heterocycles. The molecule has 0 aliphatic carbocycles. The predicted molar refractivity (Wildman–Crippen MR) is 82.8 cm³/mol. The maximum Gasteiger partial charge on any atom is 0.416 e. The minimum Gasteiger partial charge on any atom is -0.341 e. The summed E-state index contributed by atoms with van der Waals surface area (Å²) >= 11 is 0. The van der Waals surface area contributed by atoms with Crippen LogP contribution in [-0.4, -0.2) is 56.0 Å². The van der Waals surface area contributed by atoms with Crippen LogP contribution >= 0.6 is 0 Å². The second-order valence-corrected chi connectivity index (χ2v) is 7.75. The van der Waals surface area contributed by atoms with Crippen LogP contribution in [0.1, 0.15) is 17.5 Å². The molecule has 1 fully saturated rings. The Labute approximate surface area is 139 Å². The molecule has 1 aromatic carbocycles. The number of carbonyl (C=O) groups excluding carboxylic acids is 1. The number of halogens is 3. The van der Waals surface area contributed by atoms with Crippen LogP contribution in [0.15, 0.2) is 24.3 Å². The zero-order chi connectivity index (χ0) is 18.0. The van der Waals surface area contributed by atoms with Gasteiger partial charge in [0.1, 0.15) is 0 Å². The van der Waals surface area contributed by atoms with Crippen LogP contribution in [0.2, 0.25) is 0 Å². The van der Waals surface area contributed by atoms with Crippen LogP contribution in [0.5, 0.6) is 0 Å². The van der Waals surface area contributed by atoms with Gasteiger partial charge in [0.25, 0.3) is 0 Å². The molecule has 0 radical (unpaired) electrons. The lowest BCUT2D eigenvalue weighted by atomic mass is 10.1. The topological polar surface area (TPSA) is 57.7 Å². The molecule has 5 nitrogen and oxygen atoms in total. The van der Waals surface area contributed by atoms with Crippen LogP contribution in [0.3, 0.4) is 0 Å². The molecule has 24 heavy (non-hydrogen) atoms. The van der Waals surface area contributed by atoms with Crippen LogP contribution in [0, 0.1) is 0 Å². The number of alkyl halides is 3. The third-order valence-electron chi connectivity index (χ3n) is 3.91. The third kappa shape index (κ3) is 4.94. The fraction of sp³-hybridized carbons (Fsp3) is 0.533. The van der Waals surface area contributed by atoms with Gasteiger partial charge in [-0.3, -0.25) is 4.79 Å². The van der Waals surface area contributed by atoms with Crippen molar-refractivity contribution >= 4 is 15.9 Å². The number of sulfonamides is 1. The van der Waals surface area contributed by atoms with Gasteiger partial charge in [0.2, 0.25) is 15.9 Å². The van der Waals surface area contributed by atoms with Crippen LogP contribution in [0.4, 0.5) is 13.2 Å². The standard InChI is InChI=1S/C15H19F3N2O3S/c1-24(22,23)20-8-2-7-19(9-10-20)14(21)11-12-3-5-13(6-4-12)15(16,17)18/h3-6H,2,7-11H2,1H3. The van der Waals surface area contributed by atoms with Crippen molar-refractivity contribution in [2.45, 2.75) is 19.0 Å². The van der Waals surface area contributed by atoms with Gasteiger partial charge >= 0.3 is 6.18 Å². The highest BCUT2D eigenvalue weighted by Crippen LogP contribution is 2.29. The zero-order valence-corrected chi connectivity index (χ0v) is 14.0. The molecular weight excluding hydrogens is 345 g/mol. The molecule has 134 valence electrons. The molecule has 0 N–H and O–H groups in total. The van der Waals surface area contributed by atoms with Gasteiger partial charge in [-0.1, -0.05) is 12.1 Å². The van der Waals surface area contributed by atoms with E-state index >= 15 is 0 Å². The van der Waals surface area contributed by atoms with Crippen molar-refractivity contribution in [1.82, 2.24) is 9.21 Å². The van der Waals surface area contributed by atoms with Crippen LogP contribution in [-0.2, 0) is 27.4 Å². The van der Waals surface area contributed by atoms with E-state index in [1.807, 2.05) is 0 Å². The molecule has 1 aliphatic rings. The summed E-state index contributed by atoms with van der Waals surface area (Å²) in [6.07, 6.45) is -2.74. The SMILES string of the molecule is CS(=O)(=O)N1CCCN(C(=O)Cc2ccc(C(F)(F)F)cc2)CC1. The Bertz CT molecular complexity index is 687. The molecule has 1 aliphatic heterocycles. The predicted octanol–water partition coefficient (Wildman–Crippen LogP) is 1.74. The normalized spacial score (nSPS) is 17.6. The molecule has 0 unspecified atom stereocenters. The van der Waals surface area contributed by atoms with Gasteiger partial charge in [-0.2, -0.15) is 13.2 Å². The smallest absolute Gasteiger partial charge is 0.341 e. The highest BCUT2D eigenvalue weighted by Gasteiger charge is 2.30. The average molecular weight is 364 g/mol. The molecule has 1 aromatic rings. The maximum atomic E-state index is 12.5. The van der Waals surface area contributed by atoms with Gasteiger partial charge in [0.15, 0.2) is 0 Å². The van der Waals surface area contributed by atoms with Gasteiger partial charge in [-0.15, -0.1) is 0 Å². The summed E-state index contributed by atoms with van der Waals surface area (Å²) in [7, 11) is -3.29. The van der Waals surface area contributed by atoms with E-state index in [4.69, 9.17) is 0 Å². The number of nitrogens with zero attached hydrogens (tertiary/aromatic N) is 2. The molecule has 2 rings (SSSR count). The van der Waals surface area contributed by atoms with E-state index in [9.17, 15) is 26.4 Å². The average Bonchev–Trinajstić information content (AvgIpc) is 2.72.